The summed E-state index contributed by atoms with van der Waals surface area (Å²) < 4.78 is 53.4. The zero-order valence-corrected chi connectivity index (χ0v) is 16.7. The van der Waals surface area contributed by atoms with Gasteiger partial charge in [-0.1, -0.05) is 0 Å². The predicted molar refractivity (Wildman–Crippen MR) is 107 cm³/mol. The molecule has 1 amide bonds. The average molecular weight is 434 g/mol. The van der Waals surface area contributed by atoms with E-state index in [0.717, 1.165) is 0 Å². The third kappa shape index (κ3) is 3.60. The van der Waals surface area contributed by atoms with Gasteiger partial charge in [0.15, 0.2) is 5.67 Å². The van der Waals surface area contributed by atoms with Gasteiger partial charge >= 0.3 is 0 Å². The molecule has 4 rings (SSSR count). The van der Waals surface area contributed by atoms with Crippen molar-refractivity contribution in [1.29, 1.82) is 0 Å². The van der Waals surface area contributed by atoms with E-state index in [0.29, 0.717) is 5.75 Å². The molecule has 1 aromatic heterocycles. The summed E-state index contributed by atoms with van der Waals surface area (Å²) in [5, 5.41) is 2.65. The summed E-state index contributed by atoms with van der Waals surface area (Å²) in [4.78, 5) is 20.7. The molecule has 0 saturated carbocycles. The molecule has 2 aliphatic rings. The van der Waals surface area contributed by atoms with Crippen molar-refractivity contribution >= 4 is 17.4 Å². The lowest BCUT2D eigenvalue weighted by atomic mass is 9.73. The number of hydrogen-bond acceptors (Lipinski definition) is 6. The maximum Gasteiger partial charge on any atom is 0.274 e. The zero-order chi connectivity index (χ0) is 22.2. The van der Waals surface area contributed by atoms with Crippen molar-refractivity contribution in [3.63, 3.8) is 0 Å². The van der Waals surface area contributed by atoms with Crippen LogP contribution in [0, 0.1) is 11.7 Å². The zero-order valence-electron chi connectivity index (χ0n) is 16.7. The lowest BCUT2D eigenvalue weighted by molar-refractivity contribution is 0.102. The number of amides is 1. The van der Waals surface area contributed by atoms with Crippen molar-refractivity contribution in [2.75, 3.05) is 32.3 Å². The number of halogens is 3. The molecule has 2 aliphatic heterocycles. The van der Waals surface area contributed by atoms with E-state index < -0.39 is 41.4 Å². The Morgan fingerprint density at radius 3 is 2.87 bits per heavy atom. The van der Waals surface area contributed by atoms with E-state index in [2.05, 4.69) is 15.3 Å². The molecule has 1 saturated heterocycles. The van der Waals surface area contributed by atoms with Crippen LogP contribution in [0.2, 0.25) is 0 Å². The Hall–Kier alpha value is -3.14. The van der Waals surface area contributed by atoms with Gasteiger partial charge in [-0.15, -0.1) is 0 Å². The molecular weight excluding hydrogens is 413 g/mol. The van der Waals surface area contributed by atoms with Crippen LogP contribution in [0.25, 0.3) is 0 Å². The Balaban J connectivity index is 1.67. The van der Waals surface area contributed by atoms with Crippen LogP contribution in [0.5, 0.6) is 5.75 Å². The van der Waals surface area contributed by atoms with E-state index >= 15 is 0 Å². The molecule has 164 valence electrons. The summed E-state index contributed by atoms with van der Waals surface area (Å²) in [5.74, 6) is -1.75. The number of fused-ring (bicyclic) bond motifs is 1. The van der Waals surface area contributed by atoms with Crippen LogP contribution in [-0.2, 0) is 10.3 Å². The number of methoxy groups -OCH3 is 1. The van der Waals surface area contributed by atoms with Gasteiger partial charge in [-0.25, -0.2) is 18.2 Å². The number of carbonyl (C=O) groups excluding carboxylic acids is 1. The molecule has 0 radical (unpaired) electrons. The number of aromatic nitrogens is 1. The number of amidine groups is 1. The van der Waals surface area contributed by atoms with Crippen molar-refractivity contribution < 1.29 is 27.4 Å². The molecule has 7 nitrogen and oxygen atoms in total. The fraction of sp³-hybridized carbons (Fsp3) is 0.381. The molecule has 0 aliphatic carbocycles. The van der Waals surface area contributed by atoms with Crippen molar-refractivity contribution in [2.24, 2.45) is 16.6 Å². The van der Waals surface area contributed by atoms with Gasteiger partial charge in [-0.3, -0.25) is 9.79 Å². The van der Waals surface area contributed by atoms with Gasteiger partial charge in [0.2, 0.25) is 0 Å². The molecule has 0 spiro atoms. The number of ether oxygens (including phenoxy) is 2. The van der Waals surface area contributed by atoms with Crippen molar-refractivity contribution in [3.05, 3.63) is 53.6 Å². The van der Waals surface area contributed by atoms with Crippen LogP contribution in [0.3, 0.4) is 0 Å². The number of hydrogen-bond donors (Lipinski definition) is 2. The minimum atomic E-state index is -2.40. The van der Waals surface area contributed by atoms with Gasteiger partial charge in [0.1, 0.15) is 35.3 Å². The Bertz CT molecular complexity index is 1030. The minimum Gasteiger partial charge on any atom is -0.495 e. The molecule has 1 fully saturated rings. The Morgan fingerprint density at radius 1 is 1.39 bits per heavy atom. The molecule has 3 atom stereocenters. The van der Waals surface area contributed by atoms with Crippen LogP contribution in [0.4, 0.5) is 18.9 Å². The van der Waals surface area contributed by atoms with Crippen LogP contribution in [0.1, 0.15) is 22.5 Å². The van der Waals surface area contributed by atoms with E-state index in [1.807, 2.05) is 0 Å². The summed E-state index contributed by atoms with van der Waals surface area (Å²) in [6.07, 6.45) is 1.13. The number of nitrogens with one attached hydrogen (secondary N) is 1. The second kappa shape index (κ2) is 7.84. The van der Waals surface area contributed by atoms with Crippen LogP contribution in [-0.4, -0.2) is 49.4 Å². The summed E-state index contributed by atoms with van der Waals surface area (Å²) in [6, 6.07) is 7.05. The van der Waals surface area contributed by atoms with Crippen LogP contribution >= 0.6 is 0 Å². The standard InChI is InChI=1S/C21H21F3N4O3/c1-30-14-3-5-17(26-8-14)18(29)27-13-2-4-16(23)15(6-13)21-11-31-9-12(21)7-20(24,10-22)19(25)28-21/h2-6,8,12H,7,9-11H2,1H3,(H2,25,28)(H,27,29)/t12-,20-,21+/m1/s1. The monoisotopic (exact) mass is 434 g/mol. The highest BCUT2D eigenvalue weighted by molar-refractivity contribution is 6.03. The summed E-state index contributed by atoms with van der Waals surface area (Å²) in [7, 11) is 1.48. The average Bonchev–Trinajstić information content (AvgIpc) is 3.18. The molecule has 0 unspecified atom stereocenters. The van der Waals surface area contributed by atoms with E-state index in [-0.39, 0.29) is 36.6 Å². The summed E-state index contributed by atoms with van der Waals surface area (Å²) in [5.41, 5.74) is 2.57. The number of pyridine rings is 1. The van der Waals surface area contributed by atoms with E-state index in [9.17, 15) is 18.0 Å². The molecule has 3 N–H and O–H groups in total. The highest BCUT2D eigenvalue weighted by atomic mass is 19.2. The first kappa shape index (κ1) is 21.1. The second-order valence-electron chi connectivity index (χ2n) is 7.67. The van der Waals surface area contributed by atoms with Gasteiger partial charge in [0.25, 0.3) is 5.91 Å². The third-order valence-corrected chi connectivity index (χ3v) is 5.77. The maximum absolute atomic E-state index is 14.9. The van der Waals surface area contributed by atoms with Crippen molar-refractivity contribution in [1.82, 2.24) is 4.98 Å². The molecule has 3 heterocycles. The molecule has 10 heteroatoms. The normalized spacial score (nSPS) is 27.4. The second-order valence-corrected chi connectivity index (χ2v) is 7.67. The van der Waals surface area contributed by atoms with Gasteiger partial charge in [-0.2, -0.15) is 0 Å². The van der Waals surface area contributed by atoms with Crippen LogP contribution in [0.15, 0.2) is 41.5 Å². The lowest BCUT2D eigenvalue weighted by Crippen LogP contribution is -2.53. The smallest absolute Gasteiger partial charge is 0.274 e. The number of nitrogens with two attached hydrogens (primary N) is 1. The number of nitrogens with zero attached hydrogens (tertiary/aromatic N) is 2. The number of aliphatic imine (C=N–C) groups is 1. The van der Waals surface area contributed by atoms with Gasteiger partial charge in [0, 0.05) is 17.2 Å². The lowest BCUT2D eigenvalue weighted by Gasteiger charge is -2.40. The van der Waals surface area contributed by atoms with E-state index in [1.54, 1.807) is 6.07 Å². The minimum absolute atomic E-state index is 0.0327. The topological polar surface area (TPSA) is 98.8 Å². The largest absolute Gasteiger partial charge is 0.495 e. The van der Waals surface area contributed by atoms with E-state index in [4.69, 9.17) is 15.2 Å². The Morgan fingerprint density at radius 2 is 2.19 bits per heavy atom. The summed E-state index contributed by atoms with van der Waals surface area (Å²) >= 11 is 0. The fourth-order valence-corrected chi connectivity index (χ4v) is 4.02. The van der Waals surface area contributed by atoms with Gasteiger partial charge in [0.05, 0.1) is 26.5 Å². The maximum atomic E-state index is 14.9. The Labute approximate surface area is 176 Å². The number of anilines is 1. The highest BCUT2D eigenvalue weighted by Gasteiger charge is 2.56. The molecule has 1 aromatic carbocycles. The van der Waals surface area contributed by atoms with Crippen molar-refractivity contribution in [3.8, 4) is 5.75 Å². The Kier molecular flexibility index (Phi) is 5.34. The van der Waals surface area contributed by atoms with Crippen LogP contribution < -0.4 is 15.8 Å². The van der Waals surface area contributed by atoms with Crippen molar-refractivity contribution in [2.45, 2.75) is 17.6 Å². The number of benzene rings is 1. The van der Waals surface area contributed by atoms with E-state index in [1.165, 1.54) is 37.6 Å². The predicted octanol–water partition coefficient (Wildman–Crippen LogP) is 2.76. The summed E-state index contributed by atoms with van der Waals surface area (Å²) in [6.45, 7) is -1.26. The first-order valence-corrected chi connectivity index (χ1v) is 9.61. The molecule has 2 aromatic rings. The number of rotatable bonds is 5. The quantitative estimate of drug-likeness (QED) is 0.754. The highest BCUT2D eigenvalue weighted by Crippen LogP contribution is 2.48. The molecular formula is C21H21F3N4O3. The molecule has 0 bridgehead atoms. The van der Waals surface area contributed by atoms with Gasteiger partial charge < -0.3 is 20.5 Å². The SMILES string of the molecule is COc1ccc(C(=O)Nc2ccc(F)c([C@]34COC[C@H]3C[C@@](F)(CF)C(N)=N4)c2)nc1. The number of carbonyl (C=O) groups is 1. The number of alkyl halides is 2. The first-order chi connectivity index (χ1) is 14.8. The third-order valence-electron chi connectivity index (χ3n) is 5.77. The van der Waals surface area contributed by atoms with Gasteiger partial charge in [-0.05, 0) is 36.8 Å². The first-order valence-electron chi connectivity index (χ1n) is 9.61. The molecule has 31 heavy (non-hydrogen) atoms. The fourth-order valence-electron chi connectivity index (χ4n) is 4.02.